The van der Waals surface area contributed by atoms with Gasteiger partial charge in [0.15, 0.2) is 0 Å². The van der Waals surface area contributed by atoms with Crippen molar-refractivity contribution < 1.29 is 13.6 Å². The first-order chi connectivity index (χ1) is 11.3. The highest BCUT2D eigenvalue weighted by Crippen LogP contribution is 2.19. The lowest BCUT2D eigenvalue weighted by Gasteiger charge is -2.23. The van der Waals surface area contributed by atoms with E-state index in [1.54, 1.807) is 6.92 Å². The van der Waals surface area contributed by atoms with Crippen LogP contribution >= 0.6 is 0 Å². The van der Waals surface area contributed by atoms with E-state index in [1.807, 2.05) is 6.92 Å². The molecule has 2 aromatic rings. The molecular weight excluding hydrogens is 318 g/mol. The number of aromatic nitrogens is 3. The zero-order valence-electron chi connectivity index (χ0n) is 13.8. The van der Waals surface area contributed by atoms with Gasteiger partial charge in [-0.05, 0) is 30.9 Å². The smallest absolute Gasteiger partial charge is 0.343 e. The molecule has 130 valence electrons. The molecule has 1 aromatic carbocycles. The van der Waals surface area contributed by atoms with Crippen molar-refractivity contribution in [2.45, 2.75) is 32.7 Å². The second kappa shape index (κ2) is 7.37. The summed E-state index contributed by atoms with van der Waals surface area (Å²) in [6.07, 6.45) is 1.06. The van der Waals surface area contributed by atoms with E-state index in [1.165, 1.54) is 19.2 Å². The Morgan fingerprint density at radius 1 is 1.42 bits per heavy atom. The van der Waals surface area contributed by atoms with Gasteiger partial charge in [0.1, 0.15) is 11.6 Å². The van der Waals surface area contributed by atoms with E-state index in [0.29, 0.717) is 18.4 Å². The molecule has 0 saturated carbocycles. The molecule has 24 heavy (non-hydrogen) atoms. The average molecular weight is 338 g/mol. The minimum atomic E-state index is -0.621. The first kappa shape index (κ1) is 17.8. The fraction of sp³-hybridized carbons (Fsp3) is 0.438. The van der Waals surface area contributed by atoms with Gasteiger partial charge in [-0.1, -0.05) is 19.4 Å². The topological polar surface area (TPSA) is 79.8 Å². The third-order valence-electron chi connectivity index (χ3n) is 4.07. The summed E-state index contributed by atoms with van der Waals surface area (Å²) in [5.74, 6) is -1.84. The molecule has 8 heteroatoms. The first-order valence-electron chi connectivity index (χ1n) is 7.70. The summed E-state index contributed by atoms with van der Waals surface area (Å²) >= 11 is 0. The molecule has 0 aliphatic carbocycles. The molecule has 2 N–H and O–H groups in total. The summed E-state index contributed by atoms with van der Waals surface area (Å²) in [5.41, 5.74) is -0.0798. The van der Waals surface area contributed by atoms with Gasteiger partial charge in [0, 0.05) is 19.2 Å². The molecule has 2 atom stereocenters. The number of carbonyl (C=O) groups is 1. The van der Waals surface area contributed by atoms with Crippen LogP contribution in [0.1, 0.15) is 36.5 Å². The van der Waals surface area contributed by atoms with Gasteiger partial charge in [-0.2, -0.15) is 0 Å². The normalized spacial score (nSPS) is 13.5. The SMILES string of the molecule is CC[C@@H](Cc1ccc(F)cc1F)C(C)NC(=O)c1nn(C)c(=O)[nH]1. The van der Waals surface area contributed by atoms with Crippen LogP contribution in [0.5, 0.6) is 0 Å². The number of rotatable bonds is 6. The molecule has 1 aromatic heterocycles. The van der Waals surface area contributed by atoms with Gasteiger partial charge in [0.05, 0.1) is 0 Å². The number of carbonyl (C=O) groups excluding carboxylic acids is 1. The Balaban J connectivity index is 2.06. The van der Waals surface area contributed by atoms with Crippen molar-refractivity contribution in [1.82, 2.24) is 20.1 Å². The van der Waals surface area contributed by atoms with Crippen molar-refractivity contribution in [2.24, 2.45) is 13.0 Å². The monoisotopic (exact) mass is 338 g/mol. The Morgan fingerprint density at radius 2 is 2.12 bits per heavy atom. The lowest BCUT2D eigenvalue weighted by Crippen LogP contribution is -2.39. The second-order valence-corrected chi connectivity index (χ2v) is 5.77. The van der Waals surface area contributed by atoms with Crippen molar-refractivity contribution in [3.05, 3.63) is 51.7 Å². The lowest BCUT2D eigenvalue weighted by atomic mass is 9.90. The Morgan fingerprint density at radius 3 is 2.67 bits per heavy atom. The van der Waals surface area contributed by atoms with Gasteiger partial charge in [-0.3, -0.25) is 9.78 Å². The summed E-state index contributed by atoms with van der Waals surface area (Å²) in [6.45, 7) is 3.73. The summed E-state index contributed by atoms with van der Waals surface area (Å²) in [6, 6.07) is 3.20. The predicted molar refractivity (Wildman–Crippen MR) is 84.6 cm³/mol. The summed E-state index contributed by atoms with van der Waals surface area (Å²) in [4.78, 5) is 25.8. The maximum Gasteiger partial charge on any atom is 0.343 e. The average Bonchev–Trinajstić information content (AvgIpc) is 2.86. The molecule has 0 saturated heterocycles. The molecule has 0 fully saturated rings. The zero-order chi connectivity index (χ0) is 17.9. The number of nitrogens with zero attached hydrogens (tertiary/aromatic N) is 2. The molecule has 1 unspecified atom stereocenters. The van der Waals surface area contributed by atoms with E-state index in [0.717, 1.165) is 10.7 Å². The van der Waals surface area contributed by atoms with Crippen LogP contribution in [-0.2, 0) is 13.5 Å². The maximum atomic E-state index is 13.8. The van der Waals surface area contributed by atoms with Crippen LogP contribution in [0.15, 0.2) is 23.0 Å². The van der Waals surface area contributed by atoms with Crippen LogP contribution in [0.4, 0.5) is 8.78 Å². The number of aromatic amines is 1. The molecule has 2 rings (SSSR count). The van der Waals surface area contributed by atoms with Crippen LogP contribution in [-0.4, -0.2) is 26.7 Å². The zero-order valence-corrected chi connectivity index (χ0v) is 13.8. The highest BCUT2D eigenvalue weighted by molar-refractivity contribution is 5.90. The second-order valence-electron chi connectivity index (χ2n) is 5.77. The van der Waals surface area contributed by atoms with Crippen molar-refractivity contribution in [2.75, 3.05) is 0 Å². The van der Waals surface area contributed by atoms with Crippen LogP contribution in [0.2, 0.25) is 0 Å². The van der Waals surface area contributed by atoms with E-state index in [-0.39, 0.29) is 17.8 Å². The van der Waals surface area contributed by atoms with E-state index in [9.17, 15) is 18.4 Å². The van der Waals surface area contributed by atoms with Crippen molar-refractivity contribution in [3.63, 3.8) is 0 Å². The molecular formula is C16H20F2N4O2. The van der Waals surface area contributed by atoms with Crippen LogP contribution in [0.25, 0.3) is 0 Å². The molecule has 0 bridgehead atoms. The van der Waals surface area contributed by atoms with E-state index < -0.39 is 23.2 Å². The summed E-state index contributed by atoms with van der Waals surface area (Å²) < 4.78 is 27.8. The molecule has 0 aliphatic rings. The molecule has 0 radical (unpaired) electrons. The third kappa shape index (κ3) is 4.06. The maximum absolute atomic E-state index is 13.8. The quantitative estimate of drug-likeness (QED) is 0.842. The van der Waals surface area contributed by atoms with E-state index in [2.05, 4.69) is 15.4 Å². The van der Waals surface area contributed by atoms with Gasteiger partial charge in [-0.25, -0.2) is 18.3 Å². The van der Waals surface area contributed by atoms with E-state index in [4.69, 9.17) is 0 Å². The number of H-pyrrole nitrogens is 1. The summed E-state index contributed by atoms with van der Waals surface area (Å²) in [5, 5.41) is 6.55. The fourth-order valence-electron chi connectivity index (χ4n) is 2.54. The Hall–Kier alpha value is -2.51. The largest absolute Gasteiger partial charge is 0.347 e. The third-order valence-corrected chi connectivity index (χ3v) is 4.07. The van der Waals surface area contributed by atoms with Gasteiger partial charge in [-0.15, -0.1) is 5.10 Å². The fourth-order valence-corrected chi connectivity index (χ4v) is 2.54. The molecule has 1 heterocycles. The number of hydrogen-bond donors (Lipinski definition) is 2. The Labute approximate surface area is 137 Å². The van der Waals surface area contributed by atoms with Gasteiger partial charge >= 0.3 is 5.69 Å². The number of halogens is 2. The molecule has 0 spiro atoms. The minimum Gasteiger partial charge on any atom is -0.347 e. The summed E-state index contributed by atoms with van der Waals surface area (Å²) in [7, 11) is 1.44. The van der Waals surface area contributed by atoms with Crippen LogP contribution in [0, 0.1) is 17.6 Å². The van der Waals surface area contributed by atoms with E-state index >= 15 is 0 Å². The van der Waals surface area contributed by atoms with Crippen molar-refractivity contribution >= 4 is 5.91 Å². The Bertz CT molecular complexity index is 785. The standard InChI is InChI=1S/C16H20F2N4O2/c1-4-10(7-11-5-6-12(17)8-13(11)18)9(2)19-15(23)14-20-16(24)22(3)21-14/h5-6,8-10H,4,7H2,1-3H3,(H,19,23)(H,20,21,24)/t9?,10-/m0/s1. The van der Waals surface area contributed by atoms with Crippen molar-refractivity contribution in [3.8, 4) is 0 Å². The number of amides is 1. The van der Waals surface area contributed by atoms with Crippen LogP contribution < -0.4 is 11.0 Å². The first-order valence-corrected chi connectivity index (χ1v) is 7.70. The molecule has 0 aliphatic heterocycles. The van der Waals surface area contributed by atoms with Gasteiger partial charge in [0.25, 0.3) is 5.91 Å². The Kier molecular flexibility index (Phi) is 5.48. The highest BCUT2D eigenvalue weighted by atomic mass is 19.1. The minimum absolute atomic E-state index is 0.0515. The van der Waals surface area contributed by atoms with Gasteiger partial charge < -0.3 is 5.32 Å². The number of nitrogens with one attached hydrogen (secondary N) is 2. The van der Waals surface area contributed by atoms with Crippen molar-refractivity contribution in [1.29, 1.82) is 0 Å². The predicted octanol–water partition coefficient (Wildman–Crippen LogP) is 1.77. The molecule has 6 nitrogen and oxygen atoms in total. The molecule has 1 amide bonds. The number of hydrogen-bond acceptors (Lipinski definition) is 3. The highest BCUT2D eigenvalue weighted by Gasteiger charge is 2.22. The van der Waals surface area contributed by atoms with Gasteiger partial charge in [0.2, 0.25) is 5.82 Å². The number of benzene rings is 1. The number of aryl methyl sites for hydroxylation is 1. The lowest BCUT2D eigenvalue weighted by molar-refractivity contribution is 0.0915. The van der Waals surface area contributed by atoms with Crippen LogP contribution in [0.3, 0.4) is 0 Å².